The van der Waals surface area contributed by atoms with Crippen molar-refractivity contribution in [2.75, 3.05) is 0 Å². The molecule has 0 saturated heterocycles. The number of carbonyl (C=O) groups excluding carboxylic acids is 2. The van der Waals surface area contributed by atoms with E-state index in [1.54, 1.807) is 6.08 Å². The second kappa shape index (κ2) is 11.2. The van der Waals surface area contributed by atoms with E-state index in [1.165, 1.54) is 31.8 Å². The van der Waals surface area contributed by atoms with E-state index in [2.05, 4.69) is 12.2 Å². The maximum atomic E-state index is 12.1. The first kappa shape index (κ1) is 23.2. The van der Waals surface area contributed by atoms with Gasteiger partial charge in [-0.1, -0.05) is 50.8 Å². The summed E-state index contributed by atoms with van der Waals surface area (Å²) >= 11 is 0. The summed E-state index contributed by atoms with van der Waals surface area (Å²) in [5.41, 5.74) is -0.674. The number of phenolic OH excluding ortho intramolecular Hbond substituents is 1. The summed E-state index contributed by atoms with van der Waals surface area (Å²) in [6, 6.07) is 0. The first-order valence-corrected chi connectivity index (χ1v) is 10.4. The standard InChI is InChI=1S/C23H29NO6/c1-2-3-4-5-6-7-8-9-10-11-15(25)12-13-16-20(26)17-14-24-22(28)18(17)19(21(16)27)23(29)30/h8-11,26-27H,2-7,12-14H2,1H3,(H,24,28)(H,29,30). The fourth-order valence-electron chi connectivity index (χ4n) is 3.49. The highest BCUT2D eigenvalue weighted by atomic mass is 16.4. The van der Waals surface area contributed by atoms with Crippen molar-refractivity contribution in [3.05, 3.63) is 46.6 Å². The molecule has 0 radical (unpaired) electrons. The molecule has 0 saturated carbocycles. The minimum Gasteiger partial charge on any atom is -0.507 e. The number of carboxylic acid groups (broad SMARTS) is 1. The molecule has 162 valence electrons. The van der Waals surface area contributed by atoms with Crippen LogP contribution in [0.15, 0.2) is 24.3 Å². The number of hydrogen-bond donors (Lipinski definition) is 4. The van der Waals surface area contributed by atoms with Crippen molar-refractivity contribution in [2.24, 2.45) is 0 Å². The van der Waals surface area contributed by atoms with Gasteiger partial charge in [0.1, 0.15) is 17.1 Å². The first-order valence-electron chi connectivity index (χ1n) is 10.4. The van der Waals surface area contributed by atoms with Gasteiger partial charge in [0.15, 0.2) is 5.78 Å². The number of nitrogens with one attached hydrogen (secondary N) is 1. The average molecular weight is 415 g/mol. The maximum absolute atomic E-state index is 12.1. The number of carbonyl (C=O) groups is 3. The van der Waals surface area contributed by atoms with Crippen molar-refractivity contribution in [3.63, 3.8) is 0 Å². The smallest absolute Gasteiger partial charge is 0.340 e. The van der Waals surface area contributed by atoms with E-state index in [4.69, 9.17) is 0 Å². The molecule has 0 aliphatic carbocycles. The summed E-state index contributed by atoms with van der Waals surface area (Å²) in [5, 5.41) is 32.5. The van der Waals surface area contributed by atoms with Gasteiger partial charge in [-0.25, -0.2) is 4.79 Å². The molecular weight excluding hydrogens is 386 g/mol. The number of ketones is 1. The van der Waals surface area contributed by atoms with Crippen molar-refractivity contribution in [1.29, 1.82) is 0 Å². The predicted octanol–water partition coefficient (Wildman–Crippen LogP) is 4.01. The van der Waals surface area contributed by atoms with Crippen LogP contribution in [0, 0.1) is 0 Å². The van der Waals surface area contributed by atoms with Crippen molar-refractivity contribution in [3.8, 4) is 11.5 Å². The molecule has 30 heavy (non-hydrogen) atoms. The lowest BCUT2D eigenvalue weighted by Gasteiger charge is -2.13. The van der Waals surface area contributed by atoms with E-state index in [0.29, 0.717) is 0 Å². The SMILES string of the molecule is CCCCCCCC=CC=CC(=O)CCc1c(O)c2c(c(C(=O)O)c1O)C(=O)NC2. The van der Waals surface area contributed by atoms with E-state index in [9.17, 15) is 29.7 Å². The molecule has 7 heteroatoms. The number of amides is 1. The summed E-state index contributed by atoms with van der Waals surface area (Å²) in [4.78, 5) is 35.5. The minimum atomic E-state index is -1.46. The van der Waals surface area contributed by atoms with E-state index < -0.39 is 23.2 Å². The highest BCUT2D eigenvalue weighted by molar-refractivity contribution is 6.10. The van der Waals surface area contributed by atoms with Gasteiger partial charge in [0, 0.05) is 24.1 Å². The Kier molecular flexibility index (Phi) is 8.65. The summed E-state index contributed by atoms with van der Waals surface area (Å²) in [5.74, 6) is -3.35. The zero-order valence-electron chi connectivity index (χ0n) is 17.2. The number of rotatable bonds is 12. The molecule has 0 atom stereocenters. The van der Waals surface area contributed by atoms with Crippen LogP contribution in [0.1, 0.15) is 83.7 Å². The number of hydrogen-bond acceptors (Lipinski definition) is 5. The first-order chi connectivity index (χ1) is 14.4. The number of fused-ring (bicyclic) bond motifs is 1. The Morgan fingerprint density at radius 3 is 2.50 bits per heavy atom. The normalized spacial score (nSPS) is 13.2. The van der Waals surface area contributed by atoms with Crippen LogP contribution in [0.2, 0.25) is 0 Å². The van der Waals surface area contributed by atoms with Gasteiger partial charge >= 0.3 is 5.97 Å². The zero-order valence-corrected chi connectivity index (χ0v) is 17.2. The molecule has 1 amide bonds. The predicted molar refractivity (Wildman–Crippen MR) is 113 cm³/mol. The fourth-order valence-corrected chi connectivity index (χ4v) is 3.49. The summed E-state index contributed by atoms with van der Waals surface area (Å²) < 4.78 is 0. The zero-order chi connectivity index (χ0) is 22.1. The highest BCUT2D eigenvalue weighted by Gasteiger charge is 2.34. The lowest BCUT2D eigenvalue weighted by molar-refractivity contribution is -0.114. The van der Waals surface area contributed by atoms with Gasteiger partial charge in [-0.05, 0) is 25.3 Å². The molecule has 1 heterocycles. The van der Waals surface area contributed by atoms with Crippen LogP contribution in [0.3, 0.4) is 0 Å². The molecule has 0 unspecified atom stereocenters. The largest absolute Gasteiger partial charge is 0.507 e. The summed E-state index contributed by atoms with van der Waals surface area (Å²) in [6.45, 7) is 2.16. The van der Waals surface area contributed by atoms with E-state index in [0.717, 1.165) is 12.8 Å². The van der Waals surface area contributed by atoms with Gasteiger partial charge in [-0.3, -0.25) is 9.59 Å². The molecule has 1 aliphatic rings. The van der Waals surface area contributed by atoms with Gasteiger partial charge in [-0.2, -0.15) is 0 Å². The maximum Gasteiger partial charge on any atom is 0.340 e. The lowest BCUT2D eigenvalue weighted by atomic mass is 9.93. The molecule has 7 nitrogen and oxygen atoms in total. The summed E-state index contributed by atoms with van der Waals surface area (Å²) in [7, 11) is 0. The molecule has 0 spiro atoms. The number of carboxylic acids is 1. The number of unbranched alkanes of at least 4 members (excludes halogenated alkanes) is 5. The van der Waals surface area contributed by atoms with E-state index in [1.807, 2.05) is 12.2 Å². The lowest BCUT2D eigenvalue weighted by Crippen LogP contribution is -2.15. The highest BCUT2D eigenvalue weighted by Crippen LogP contribution is 2.40. The minimum absolute atomic E-state index is 0.0122. The van der Waals surface area contributed by atoms with E-state index in [-0.39, 0.29) is 47.6 Å². The Balaban J connectivity index is 1.96. The van der Waals surface area contributed by atoms with Crippen LogP contribution in [-0.4, -0.2) is 33.0 Å². The Morgan fingerprint density at radius 1 is 1.07 bits per heavy atom. The Morgan fingerprint density at radius 2 is 1.80 bits per heavy atom. The molecular formula is C23H29NO6. The van der Waals surface area contributed by atoms with Crippen LogP contribution in [-0.2, 0) is 17.8 Å². The van der Waals surface area contributed by atoms with Crippen LogP contribution in [0.5, 0.6) is 11.5 Å². The third-order valence-electron chi connectivity index (χ3n) is 5.14. The molecule has 1 aliphatic heterocycles. The second-order valence-corrected chi connectivity index (χ2v) is 7.35. The Labute approximate surface area is 176 Å². The molecule has 4 N–H and O–H groups in total. The van der Waals surface area contributed by atoms with Crippen molar-refractivity contribution >= 4 is 17.7 Å². The van der Waals surface area contributed by atoms with Gasteiger partial charge in [0.25, 0.3) is 5.91 Å². The van der Waals surface area contributed by atoms with Crippen LogP contribution in [0.4, 0.5) is 0 Å². The molecule has 1 aromatic carbocycles. The van der Waals surface area contributed by atoms with Crippen LogP contribution < -0.4 is 5.32 Å². The Bertz CT molecular complexity index is 869. The van der Waals surface area contributed by atoms with Crippen LogP contribution >= 0.6 is 0 Å². The van der Waals surface area contributed by atoms with Crippen molar-refractivity contribution in [1.82, 2.24) is 5.32 Å². The number of phenols is 2. The van der Waals surface area contributed by atoms with Gasteiger partial charge in [0.05, 0.1) is 5.56 Å². The Hall–Kier alpha value is -3.09. The van der Waals surface area contributed by atoms with Gasteiger partial charge < -0.3 is 20.6 Å². The molecule has 1 aromatic rings. The number of aromatic hydroxyl groups is 2. The molecule has 0 fully saturated rings. The van der Waals surface area contributed by atoms with Crippen LogP contribution in [0.25, 0.3) is 0 Å². The third-order valence-corrected chi connectivity index (χ3v) is 5.14. The quantitative estimate of drug-likeness (QED) is 0.232. The molecule has 0 aromatic heterocycles. The fraction of sp³-hybridized carbons (Fsp3) is 0.435. The molecule has 2 rings (SSSR count). The number of aromatic carboxylic acids is 1. The van der Waals surface area contributed by atoms with Gasteiger partial charge in [0.2, 0.25) is 0 Å². The topological polar surface area (TPSA) is 124 Å². The average Bonchev–Trinajstić information content (AvgIpc) is 3.08. The second-order valence-electron chi connectivity index (χ2n) is 7.35. The summed E-state index contributed by atoms with van der Waals surface area (Å²) in [6.07, 6.45) is 13.9. The number of benzene rings is 1. The van der Waals surface area contributed by atoms with Gasteiger partial charge in [-0.15, -0.1) is 0 Å². The van der Waals surface area contributed by atoms with Crippen molar-refractivity contribution < 1.29 is 29.7 Å². The third kappa shape index (κ3) is 5.72. The van der Waals surface area contributed by atoms with Crippen molar-refractivity contribution in [2.45, 2.75) is 64.8 Å². The monoisotopic (exact) mass is 415 g/mol. The van der Waals surface area contributed by atoms with E-state index >= 15 is 0 Å². The molecule has 0 bridgehead atoms. The number of allylic oxidation sites excluding steroid dienone is 4.